The van der Waals surface area contributed by atoms with E-state index in [9.17, 15) is 0 Å². The molecule has 1 saturated heterocycles. The molecule has 1 aliphatic heterocycles. The molecule has 0 amide bonds. The first-order valence-corrected chi connectivity index (χ1v) is 8.64. The van der Waals surface area contributed by atoms with Gasteiger partial charge in [0.15, 0.2) is 0 Å². The van der Waals surface area contributed by atoms with Crippen LogP contribution in [0, 0.1) is 11.8 Å². The van der Waals surface area contributed by atoms with Gasteiger partial charge in [0, 0.05) is 32.3 Å². The van der Waals surface area contributed by atoms with Gasteiger partial charge in [0.05, 0.1) is 6.10 Å². The van der Waals surface area contributed by atoms with Crippen LogP contribution < -0.4 is 5.73 Å². The molecule has 2 rings (SSSR count). The van der Waals surface area contributed by atoms with Crippen molar-refractivity contribution < 1.29 is 4.74 Å². The van der Waals surface area contributed by atoms with Crippen molar-refractivity contribution in [3.63, 3.8) is 0 Å². The second kappa shape index (κ2) is 7.77. The summed E-state index contributed by atoms with van der Waals surface area (Å²) in [6, 6.07) is 1.31. The molecule has 2 aliphatic rings. The minimum absolute atomic E-state index is 0.425. The van der Waals surface area contributed by atoms with Gasteiger partial charge in [-0.25, -0.2) is 0 Å². The summed E-state index contributed by atoms with van der Waals surface area (Å²) < 4.78 is 5.55. The van der Waals surface area contributed by atoms with Crippen LogP contribution in [0.2, 0.25) is 0 Å². The molecule has 1 heterocycles. The van der Waals surface area contributed by atoms with Gasteiger partial charge >= 0.3 is 0 Å². The van der Waals surface area contributed by atoms with Crippen molar-refractivity contribution in [2.45, 2.75) is 77.0 Å². The molecule has 1 saturated carbocycles. The molecular formula is C17H34N2O. The number of rotatable bonds is 4. The number of hydrogen-bond donors (Lipinski definition) is 1. The van der Waals surface area contributed by atoms with Gasteiger partial charge in [-0.2, -0.15) is 0 Å². The number of methoxy groups -OCH3 is 1. The summed E-state index contributed by atoms with van der Waals surface area (Å²) in [6.07, 6.45) is 9.70. The minimum atomic E-state index is 0.425. The Labute approximate surface area is 125 Å². The quantitative estimate of drug-likeness (QED) is 0.806. The Bertz CT molecular complexity index is 282. The van der Waals surface area contributed by atoms with Crippen LogP contribution >= 0.6 is 0 Å². The van der Waals surface area contributed by atoms with Gasteiger partial charge in [0.2, 0.25) is 0 Å². The SMILES string of the molecule is COC1CCN(C2CCCC(C(C)C)CC2)C(CN)C1. The first kappa shape index (κ1) is 16.3. The first-order chi connectivity index (χ1) is 9.65. The molecule has 0 bridgehead atoms. The van der Waals surface area contributed by atoms with E-state index >= 15 is 0 Å². The zero-order valence-electron chi connectivity index (χ0n) is 13.7. The van der Waals surface area contributed by atoms with Crippen LogP contribution in [0.5, 0.6) is 0 Å². The van der Waals surface area contributed by atoms with Gasteiger partial charge in [0.25, 0.3) is 0 Å². The van der Waals surface area contributed by atoms with E-state index in [1.807, 2.05) is 7.11 Å². The fourth-order valence-electron chi connectivity index (χ4n) is 4.27. The Kier molecular flexibility index (Phi) is 6.31. The number of likely N-dealkylation sites (tertiary alicyclic amines) is 1. The Hall–Kier alpha value is -0.120. The van der Waals surface area contributed by atoms with Crippen molar-refractivity contribution in [3.05, 3.63) is 0 Å². The smallest absolute Gasteiger partial charge is 0.0599 e. The zero-order valence-corrected chi connectivity index (χ0v) is 13.7. The lowest BCUT2D eigenvalue weighted by molar-refractivity contribution is -0.00712. The Morgan fingerprint density at radius 3 is 2.60 bits per heavy atom. The van der Waals surface area contributed by atoms with E-state index in [4.69, 9.17) is 10.5 Å². The molecule has 4 atom stereocenters. The molecule has 4 unspecified atom stereocenters. The summed E-state index contributed by atoms with van der Waals surface area (Å²) in [5, 5.41) is 0. The van der Waals surface area contributed by atoms with Gasteiger partial charge in [0.1, 0.15) is 0 Å². The molecule has 2 fully saturated rings. The molecule has 0 spiro atoms. The molecule has 3 nitrogen and oxygen atoms in total. The molecule has 20 heavy (non-hydrogen) atoms. The third-order valence-corrected chi connectivity index (χ3v) is 5.71. The minimum Gasteiger partial charge on any atom is -0.381 e. The molecule has 0 aromatic carbocycles. The third kappa shape index (κ3) is 3.96. The maximum atomic E-state index is 6.03. The lowest BCUT2D eigenvalue weighted by atomic mass is 9.88. The summed E-state index contributed by atoms with van der Waals surface area (Å²) in [7, 11) is 1.84. The van der Waals surface area contributed by atoms with Crippen LogP contribution in [0.15, 0.2) is 0 Å². The largest absolute Gasteiger partial charge is 0.381 e. The average molecular weight is 282 g/mol. The Morgan fingerprint density at radius 2 is 1.95 bits per heavy atom. The van der Waals surface area contributed by atoms with E-state index in [-0.39, 0.29) is 0 Å². The first-order valence-electron chi connectivity index (χ1n) is 8.64. The van der Waals surface area contributed by atoms with Crippen molar-refractivity contribution in [2.75, 3.05) is 20.2 Å². The molecule has 2 N–H and O–H groups in total. The summed E-state index contributed by atoms with van der Waals surface area (Å²) in [5.41, 5.74) is 6.03. The van der Waals surface area contributed by atoms with E-state index in [0.717, 1.165) is 30.8 Å². The maximum Gasteiger partial charge on any atom is 0.0599 e. The van der Waals surface area contributed by atoms with Crippen LogP contribution in [0.25, 0.3) is 0 Å². The summed E-state index contributed by atoms with van der Waals surface area (Å²) in [5.74, 6) is 1.78. The number of nitrogens with two attached hydrogens (primary N) is 1. The highest BCUT2D eigenvalue weighted by Crippen LogP contribution is 2.33. The van der Waals surface area contributed by atoms with Crippen molar-refractivity contribution in [1.82, 2.24) is 4.90 Å². The highest BCUT2D eigenvalue weighted by atomic mass is 16.5. The zero-order chi connectivity index (χ0) is 14.5. The molecule has 0 radical (unpaired) electrons. The fraction of sp³-hybridized carbons (Fsp3) is 1.00. The summed E-state index contributed by atoms with van der Waals surface area (Å²) in [4.78, 5) is 2.72. The second-order valence-corrected chi connectivity index (χ2v) is 7.18. The predicted octanol–water partition coefficient (Wildman–Crippen LogP) is 3.03. The van der Waals surface area contributed by atoms with Crippen LogP contribution in [-0.2, 0) is 4.74 Å². The van der Waals surface area contributed by atoms with Crippen LogP contribution in [0.4, 0.5) is 0 Å². The Balaban J connectivity index is 1.93. The highest BCUT2D eigenvalue weighted by Gasteiger charge is 2.33. The molecule has 118 valence electrons. The van der Waals surface area contributed by atoms with Crippen molar-refractivity contribution >= 4 is 0 Å². The van der Waals surface area contributed by atoms with Gasteiger partial charge in [-0.05, 0) is 43.9 Å². The highest BCUT2D eigenvalue weighted by molar-refractivity contribution is 4.89. The normalized spacial score (nSPS) is 37.0. The van der Waals surface area contributed by atoms with E-state index in [1.165, 1.54) is 45.1 Å². The monoisotopic (exact) mass is 282 g/mol. The fourth-order valence-corrected chi connectivity index (χ4v) is 4.27. The number of ether oxygens (including phenoxy) is 1. The van der Waals surface area contributed by atoms with Gasteiger partial charge in [-0.1, -0.05) is 26.7 Å². The van der Waals surface area contributed by atoms with Crippen molar-refractivity contribution in [2.24, 2.45) is 17.6 Å². The topological polar surface area (TPSA) is 38.5 Å². The molecule has 0 aromatic heterocycles. The van der Waals surface area contributed by atoms with Gasteiger partial charge < -0.3 is 10.5 Å². The molecule has 3 heteroatoms. The number of nitrogens with zero attached hydrogens (tertiary/aromatic N) is 1. The number of piperidine rings is 1. The molecule has 0 aromatic rings. The van der Waals surface area contributed by atoms with E-state index in [1.54, 1.807) is 0 Å². The molecule has 1 aliphatic carbocycles. The van der Waals surface area contributed by atoms with E-state index in [0.29, 0.717) is 12.1 Å². The number of hydrogen-bond acceptors (Lipinski definition) is 3. The van der Waals surface area contributed by atoms with Crippen LogP contribution in [0.1, 0.15) is 58.8 Å². The van der Waals surface area contributed by atoms with Gasteiger partial charge in [-0.3, -0.25) is 4.90 Å². The predicted molar refractivity (Wildman–Crippen MR) is 84.8 cm³/mol. The lowest BCUT2D eigenvalue weighted by Gasteiger charge is -2.43. The third-order valence-electron chi connectivity index (χ3n) is 5.71. The van der Waals surface area contributed by atoms with Crippen LogP contribution in [-0.4, -0.2) is 43.3 Å². The maximum absolute atomic E-state index is 6.03. The average Bonchev–Trinajstić information content (AvgIpc) is 2.72. The van der Waals surface area contributed by atoms with Gasteiger partial charge in [-0.15, -0.1) is 0 Å². The van der Waals surface area contributed by atoms with Crippen molar-refractivity contribution in [1.29, 1.82) is 0 Å². The van der Waals surface area contributed by atoms with Crippen LogP contribution in [0.3, 0.4) is 0 Å². The van der Waals surface area contributed by atoms with E-state index in [2.05, 4.69) is 18.7 Å². The molecular weight excluding hydrogens is 248 g/mol. The van der Waals surface area contributed by atoms with Crippen molar-refractivity contribution in [3.8, 4) is 0 Å². The standard InChI is InChI=1S/C17H34N2O/c1-13(2)14-5-4-6-15(8-7-14)19-10-9-17(20-3)11-16(19)12-18/h13-17H,4-12,18H2,1-3H3. The summed E-state index contributed by atoms with van der Waals surface area (Å²) in [6.45, 7) is 6.73. The summed E-state index contributed by atoms with van der Waals surface area (Å²) >= 11 is 0. The van der Waals surface area contributed by atoms with E-state index < -0.39 is 0 Å². The Morgan fingerprint density at radius 1 is 1.15 bits per heavy atom. The lowest BCUT2D eigenvalue weighted by Crippen LogP contribution is -2.52. The second-order valence-electron chi connectivity index (χ2n) is 7.18.